The fraction of sp³-hybridized carbons (Fsp3) is 0.435. The van der Waals surface area contributed by atoms with Gasteiger partial charge in [-0.1, -0.05) is 13.0 Å². The van der Waals surface area contributed by atoms with E-state index in [9.17, 15) is 14.4 Å². The third kappa shape index (κ3) is 5.87. The molecule has 3 rings (SSSR count). The minimum Gasteiger partial charge on any atom is -0.497 e. The maximum atomic E-state index is 13.0. The number of ether oxygens (including phenoxy) is 1. The van der Waals surface area contributed by atoms with Gasteiger partial charge >= 0.3 is 0 Å². The first-order valence-electron chi connectivity index (χ1n) is 10.5. The van der Waals surface area contributed by atoms with E-state index in [-0.39, 0.29) is 30.2 Å². The Morgan fingerprint density at radius 2 is 1.97 bits per heavy atom. The molecule has 8 nitrogen and oxygen atoms in total. The quantitative estimate of drug-likeness (QED) is 0.674. The monoisotopic (exact) mass is 427 g/mol. The number of nitrogens with zero attached hydrogens (tertiary/aromatic N) is 1. The van der Waals surface area contributed by atoms with Crippen LogP contribution in [0.15, 0.2) is 47.1 Å². The molecule has 2 aromatic rings. The van der Waals surface area contributed by atoms with Crippen LogP contribution in [0.1, 0.15) is 42.3 Å². The molecule has 1 fully saturated rings. The van der Waals surface area contributed by atoms with Gasteiger partial charge in [0.1, 0.15) is 17.6 Å². The molecule has 0 saturated carbocycles. The number of methoxy groups -OCH3 is 1. The van der Waals surface area contributed by atoms with Gasteiger partial charge in [0.05, 0.1) is 19.9 Å². The van der Waals surface area contributed by atoms with Crippen LogP contribution in [-0.4, -0.2) is 48.9 Å². The Hall–Kier alpha value is -3.29. The zero-order valence-corrected chi connectivity index (χ0v) is 17.9. The van der Waals surface area contributed by atoms with E-state index in [0.717, 1.165) is 0 Å². The molecule has 1 atom stereocenters. The van der Waals surface area contributed by atoms with Crippen molar-refractivity contribution >= 4 is 17.7 Å². The molecule has 2 N–H and O–H groups in total. The van der Waals surface area contributed by atoms with Crippen molar-refractivity contribution < 1.29 is 23.5 Å². The molecular formula is C23H29N3O5. The van der Waals surface area contributed by atoms with Crippen LogP contribution in [0.25, 0.3) is 0 Å². The minimum absolute atomic E-state index is 0.0768. The highest BCUT2D eigenvalue weighted by Crippen LogP contribution is 2.22. The van der Waals surface area contributed by atoms with Crippen molar-refractivity contribution in [3.63, 3.8) is 0 Å². The molecule has 2 heterocycles. The number of hydrogen-bond acceptors (Lipinski definition) is 5. The van der Waals surface area contributed by atoms with E-state index in [1.54, 1.807) is 42.7 Å². The molecule has 3 amide bonds. The summed E-state index contributed by atoms with van der Waals surface area (Å²) in [4.78, 5) is 39.7. The van der Waals surface area contributed by atoms with Crippen LogP contribution in [0, 0.1) is 5.92 Å². The number of hydrogen-bond donors (Lipinski definition) is 2. The maximum Gasteiger partial charge on any atom is 0.252 e. The standard InChI is InChI=1S/C23H29N3O5/c1-3-20(27)26-11-9-16(10-12-26)21(23(29)24-15-19-8-5-13-31-19)25-22(28)17-6-4-7-18(14-17)30-2/h4-8,13-14,16,21H,3,9-12,15H2,1-2H3,(H,24,29)(H,25,28). The van der Waals surface area contributed by atoms with Crippen molar-refractivity contribution in [3.8, 4) is 5.75 Å². The molecule has 31 heavy (non-hydrogen) atoms. The second-order valence-electron chi connectivity index (χ2n) is 7.55. The highest BCUT2D eigenvalue weighted by molar-refractivity contribution is 5.98. The third-order valence-corrected chi connectivity index (χ3v) is 5.58. The Morgan fingerprint density at radius 3 is 2.61 bits per heavy atom. The van der Waals surface area contributed by atoms with Crippen LogP contribution in [0.5, 0.6) is 5.75 Å². The Labute approximate surface area is 181 Å². The van der Waals surface area contributed by atoms with Gasteiger partial charge in [-0.25, -0.2) is 0 Å². The SMILES string of the molecule is CCC(=O)N1CCC(C(NC(=O)c2cccc(OC)c2)C(=O)NCc2ccco2)CC1. The largest absolute Gasteiger partial charge is 0.497 e. The number of carbonyl (C=O) groups is 3. The maximum absolute atomic E-state index is 13.0. The van der Waals surface area contributed by atoms with Gasteiger partial charge in [0, 0.05) is 25.1 Å². The predicted molar refractivity (Wildman–Crippen MR) is 114 cm³/mol. The van der Waals surface area contributed by atoms with Crippen LogP contribution in [-0.2, 0) is 16.1 Å². The van der Waals surface area contributed by atoms with Gasteiger partial charge in [-0.2, -0.15) is 0 Å². The second kappa shape index (κ2) is 10.7. The number of likely N-dealkylation sites (tertiary alicyclic amines) is 1. The predicted octanol–water partition coefficient (Wildman–Crippen LogP) is 2.35. The summed E-state index contributed by atoms with van der Waals surface area (Å²) in [5.41, 5.74) is 0.418. The summed E-state index contributed by atoms with van der Waals surface area (Å²) >= 11 is 0. The highest BCUT2D eigenvalue weighted by Gasteiger charge is 2.33. The molecule has 1 saturated heterocycles. The summed E-state index contributed by atoms with van der Waals surface area (Å²) < 4.78 is 10.5. The second-order valence-corrected chi connectivity index (χ2v) is 7.55. The lowest BCUT2D eigenvalue weighted by atomic mass is 9.88. The van der Waals surface area contributed by atoms with Crippen LogP contribution in [0.3, 0.4) is 0 Å². The Morgan fingerprint density at radius 1 is 1.19 bits per heavy atom. The van der Waals surface area contributed by atoms with E-state index in [1.165, 1.54) is 7.11 Å². The molecule has 0 bridgehead atoms. The summed E-state index contributed by atoms with van der Waals surface area (Å²) in [5.74, 6) is 0.620. The van der Waals surface area contributed by atoms with Gasteiger partial charge < -0.3 is 24.7 Å². The number of nitrogens with one attached hydrogen (secondary N) is 2. The number of furan rings is 1. The van der Waals surface area contributed by atoms with E-state index < -0.39 is 6.04 Å². The number of rotatable bonds is 8. The molecule has 166 valence electrons. The van der Waals surface area contributed by atoms with Gasteiger partial charge in [-0.3, -0.25) is 14.4 Å². The van der Waals surface area contributed by atoms with Crippen molar-refractivity contribution in [1.29, 1.82) is 0 Å². The van der Waals surface area contributed by atoms with Crippen LogP contribution in [0.4, 0.5) is 0 Å². The van der Waals surface area contributed by atoms with E-state index >= 15 is 0 Å². The number of carbonyl (C=O) groups excluding carboxylic acids is 3. The first-order chi connectivity index (χ1) is 15.0. The molecule has 1 unspecified atom stereocenters. The molecule has 1 aromatic heterocycles. The van der Waals surface area contributed by atoms with Crippen molar-refractivity contribution in [1.82, 2.24) is 15.5 Å². The van der Waals surface area contributed by atoms with Crippen molar-refractivity contribution in [2.75, 3.05) is 20.2 Å². The Bertz CT molecular complexity index is 888. The molecule has 0 spiro atoms. The van der Waals surface area contributed by atoms with Crippen LogP contribution in [0.2, 0.25) is 0 Å². The zero-order valence-electron chi connectivity index (χ0n) is 17.9. The topological polar surface area (TPSA) is 101 Å². The van der Waals surface area contributed by atoms with E-state index in [4.69, 9.17) is 9.15 Å². The molecule has 1 aliphatic heterocycles. The smallest absolute Gasteiger partial charge is 0.252 e. The van der Waals surface area contributed by atoms with Crippen LogP contribution < -0.4 is 15.4 Å². The van der Waals surface area contributed by atoms with Crippen LogP contribution >= 0.6 is 0 Å². The molecule has 0 aliphatic carbocycles. The lowest BCUT2D eigenvalue weighted by Gasteiger charge is -2.35. The zero-order chi connectivity index (χ0) is 22.2. The molecule has 8 heteroatoms. The van der Waals surface area contributed by atoms with Gasteiger partial charge in [-0.15, -0.1) is 0 Å². The first kappa shape index (κ1) is 22.4. The van der Waals surface area contributed by atoms with E-state index in [2.05, 4.69) is 10.6 Å². The highest BCUT2D eigenvalue weighted by atomic mass is 16.5. The molecule has 1 aliphatic rings. The van der Waals surface area contributed by atoms with Gasteiger partial charge in [0.2, 0.25) is 11.8 Å². The minimum atomic E-state index is -0.715. The third-order valence-electron chi connectivity index (χ3n) is 5.58. The lowest BCUT2D eigenvalue weighted by molar-refractivity contribution is -0.132. The molecule has 1 aromatic carbocycles. The normalized spacial score (nSPS) is 15.2. The summed E-state index contributed by atoms with van der Waals surface area (Å²) in [5, 5.41) is 5.76. The van der Waals surface area contributed by atoms with E-state index in [0.29, 0.717) is 49.4 Å². The fourth-order valence-corrected chi connectivity index (χ4v) is 3.79. The number of benzene rings is 1. The number of amides is 3. The first-order valence-corrected chi connectivity index (χ1v) is 10.5. The summed E-state index contributed by atoms with van der Waals surface area (Å²) in [7, 11) is 1.53. The van der Waals surface area contributed by atoms with Gasteiger partial charge in [0.25, 0.3) is 5.91 Å². The van der Waals surface area contributed by atoms with Gasteiger partial charge in [-0.05, 0) is 49.1 Å². The lowest BCUT2D eigenvalue weighted by Crippen LogP contribution is -2.53. The van der Waals surface area contributed by atoms with Crippen molar-refractivity contribution in [2.24, 2.45) is 5.92 Å². The number of piperidine rings is 1. The molecular weight excluding hydrogens is 398 g/mol. The Balaban J connectivity index is 1.71. The average Bonchev–Trinajstić information content (AvgIpc) is 3.34. The fourth-order valence-electron chi connectivity index (χ4n) is 3.79. The van der Waals surface area contributed by atoms with Crippen molar-refractivity contribution in [2.45, 2.75) is 38.8 Å². The summed E-state index contributed by atoms with van der Waals surface area (Å²) in [6.07, 6.45) is 3.29. The summed E-state index contributed by atoms with van der Waals surface area (Å²) in [6, 6.07) is 9.61. The molecule has 0 radical (unpaired) electrons. The van der Waals surface area contributed by atoms with E-state index in [1.807, 2.05) is 11.8 Å². The van der Waals surface area contributed by atoms with Crippen molar-refractivity contribution in [3.05, 3.63) is 54.0 Å². The Kier molecular flexibility index (Phi) is 7.70. The van der Waals surface area contributed by atoms with Gasteiger partial charge in [0.15, 0.2) is 0 Å². The average molecular weight is 428 g/mol. The summed E-state index contributed by atoms with van der Waals surface area (Å²) in [6.45, 7) is 3.24.